The van der Waals surface area contributed by atoms with Crippen molar-refractivity contribution >= 4 is 0 Å². The van der Waals surface area contributed by atoms with E-state index in [2.05, 4.69) is 10.3 Å². The van der Waals surface area contributed by atoms with Crippen molar-refractivity contribution in [3.05, 3.63) is 42.0 Å². The molecule has 1 heterocycles. The molecular formula is C11H12FN3O. The molecule has 0 bridgehead atoms. The number of aliphatic hydroxyl groups excluding tert-OH is 1. The van der Waals surface area contributed by atoms with Gasteiger partial charge in [-0.05, 0) is 37.1 Å². The first kappa shape index (κ1) is 10.8. The predicted molar refractivity (Wildman–Crippen MR) is 56.7 cm³/mol. The van der Waals surface area contributed by atoms with Crippen molar-refractivity contribution in [2.24, 2.45) is 0 Å². The minimum Gasteiger partial charge on any atom is -0.396 e. The summed E-state index contributed by atoms with van der Waals surface area (Å²) in [5.41, 5.74) is 1.59. The molecule has 2 rings (SSSR count). The van der Waals surface area contributed by atoms with Gasteiger partial charge < -0.3 is 5.11 Å². The summed E-state index contributed by atoms with van der Waals surface area (Å²) in [6, 6.07) is 6.04. The maximum absolute atomic E-state index is 12.7. The first-order chi connectivity index (χ1) is 7.79. The number of nitrogens with zero attached hydrogens (tertiary/aromatic N) is 3. The standard InChI is InChI=1S/C11H12FN3O/c12-9-3-5-11(6-4-9)15-8-10(13-14-15)2-1-7-16/h3-6,8,16H,1-2,7H2. The van der Waals surface area contributed by atoms with Crippen LogP contribution in [0.3, 0.4) is 0 Å². The molecule has 16 heavy (non-hydrogen) atoms. The SMILES string of the molecule is OCCCc1cn(-c2ccc(F)cc2)nn1. The molecule has 5 heteroatoms. The summed E-state index contributed by atoms with van der Waals surface area (Å²) in [5, 5.41) is 16.6. The minimum atomic E-state index is -0.274. The van der Waals surface area contributed by atoms with Gasteiger partial charge in [0.25, 0.3) is 0 Å². The van der Waals surface area contributed by atoms with Crippen LogP contribution in [0.4, 0.5) is 4.39 Å². The molecule has 1 N–H and O–H groups in total. The van der Waals surface area contributed by atoms with Crippen LogP contribution in [0.5, 0.6) is 0 Å². The number of aryl methyl sites for hydroxylation is 1. The highest BCUT2D eigenvalue weighted by atomic mass is 19.1. The lowest BCUT2D eigenvalue weighted by molar-refractivity contribution is 0.288. The quantitative estimate of drug-likeness (QED) is 0.847. The van der Waals surface area contributed by atoms with Crippen LogP contribution in [0.15, 0.2) is 30.5 Å². The van der Waals surface area contributed by atoms with Gasteiger partial charge in [-0.2, -0.15) is 0 Å². The third-order valence-corrected chi connectivity index (χ3v) is 2.22. The average Bonchev–Trinajstić information content (AvgIpc) is 2.76. The van der Waals surface area contributed by atoms with Gasteiger partial charge in [-0.1, -0.05) is 5.21 Å². The number of halogens is 1. The van der Waals surface area contributed by atoms with E-state index in [1.54, 1.807) is 23.0 Å². The molecule has 0 aliphatic heterocycles. The van der Waals surface area contributed by atoms with Crippen molar-refractivity contribution in [1.29, 1.82) is 0 Å². The van der Waals surface area contributed by atoms with E-state index in [9.17, 15) is 4.39 Å². The maximum Gasteiger partial charge on any atom is 0.123 e. The lowest BCUT2D eigenvalue weighted by atomic mass is 10.2. The third-order valence-electron chi connectivity index (χ3n) is 2.22. The molecular weight excluding hydrogens is 209 g/mol. The smallest absolute Gasteiger partial charge is 0.123 e. The van der Waals surface area contributed by atoms with Crippen molar-refractivity contribution < 1.29 is 9.50 Å². The van der Waals surface area contributed by atoms with E-state index in [4.69, 9.17) is 5.11 Å². The molecule has 0 amide bonds. The first-order valence-corrected chi connectivity index (χ1v) is 5.07. The zero-order valence-corrected chi connectivity index (χ0v) is 8.67. The lowest BCUT2D eigenvalue weighted by Crippen LogP contribution is -1.94. The summed E-state index contributed by atoms with van der Waals surface area (Å²) < 4.78 is 14.3. The second kappa shape index (κ2) is 4.85. The van der Waals surface area contributed by atoms with E-state index in [1.165, 1.54) is 12.1 Å². The fourth-order valence-electron chi connectivity index (χ4n) is 1.39. The average molecular weight is 221 g/mol. The van der Waals surface area contributed by atoms with Crippen LogP contribution >= 0.6 is 0 Å². The second-order valence-electron chi connectivity index (χ2n) is 3.46. The summed E-state index contributed by atoms with van der Waals surface area (Å²) in [6.07, 6.45) is 3.14. The van der Waals surface area contributed by atoms with E-state index in [-0.39, 0.29) is 12.4 Å². The fourth-order valence-corrected chi connectivity index (χ4v) is 1.39. The second-order valence-corrected chi connectivity index (χ2v) is 3.46. The Labute approximate surface area is 92.3 Å². The molecule has 0 saturated carbocycles. The predicted octanol–water partition coefficient (Wildman–Crippen LogP) is 1.33. The van der Waals surface area contributed by atoms with Crippen molar-refractivity contribution in [3.63, 3.8) is 0 Å². The van der Waals surface area contributed by atoms with E-state index < -0.39 is 0 Å². The van der Waals surface area contributed by atoms with E-state index in [0.717, 1.165) is 11.4 Å². The Bertz CT molecular complexity index is 453. The number of hydrogen-bond donors (Lipinski definition) is 1. The first-order valence-electron chi connectivity index (χ1n) is 5.07. The normalized spacial score (nSPS) is 10.6. The summed E-state index contributed by atoms with van der Waals surface area (Å²) in [6.45, 7) is 0.142. The van der Waals surface area contributed by atoms with Crippen LogP contribution in [0.2, 0.25) is 0 Å². The largest absolute Gasteiger partial charge is 0.396 e. The number of aromatic nitrogens is 3. The molecule has 0 aliphatic carbocycles. The van der Waals surface area contributed by atoms with Crippen LogP contribution in [-0.4, -0.2) is 26.7 Å². The molecule has 0 saturated heterocycles. The fraction of sp³-hybridized carbons (Fsp3) is 0.273. The third kappa shape index (κ3) is 2.43. The molecule has 0 radical (unpaired) electrons. The molecule has 0 atom stereocenters. The van der Waals surface area contributed by atoms with Gasteiger partial charge in [-0.25, -0.2) is 9.07 Å². The van der Waals surface area contributed by atoms with E-state index in [0.29, 0.717) is 12.8 Å². The lowest BCUT2D eigenvalue weighted by Gasteiger charge is -1.98. The monoisotopic (exact) mass is 221 g/mol. The zero-order valence-electron chi connectivity index (χ0n) is 8.67. The Morgan fingerprint density at radius 1 is 1.25 bits per heavy atom. The van der Waals surface area contributed by atoms with Gasteiger partial charge in [0.05, 0.1) is 17.6 Å². The molecule has 0 aliphatic rings. The van der Waals surface area contributed by atoms with E-state index in [1.807, 2.05) is 0 Å². The topological polar surface area (TPSA) is 50.9 Å². The van der Waals surface area contributed by atoms with Gasteiger partial charge >= 0.3 is 0 Å². The number of benzene rings is 1. The molecule has 0 spiro atoms. The van der Waals surface area contributed by atoms with Crippen molar-refractivity contribution in [1.82, 2.24) is 15.0 Å². The van der Waals surface area contributed by atoms with Gasteiger partial charge in [0.2, 0.25) is 0 Å². The van der Waals surface area contributed by atoms with Crippen molar-refractivity contribution in [2.45, 2.75) is 12.8 Å². The van der Waals surface area contributed by atoms with Crippen LogP contribution in [0, 0.1) is 5.82 Å². The Hall–Kier alpha value is -1.75. The van der Waals surface area contributed by atoms with Crippen molar-refractivity contribution in [3.8, 4) is 5.69 Å². The molecule has 1 aromatic carbocycles. The number of aliphatic hydroxyl groups is 1. The highest BCUT2D eigenvalue weighted by Gasteiger charge is 2.02. The Morgan fingerprint density at radius 3 is 2.69 bits per heavy atom. The van der Waals surface area contributed by atoms with Crippen LogP contribution in [0.1, 0.15) is 12.1 Å². The Balaban J connectivity index is 2.15. The van der Waals surface area contributed by atoms with Gasteiger partial charge in [0, 0.05) is 6.61 Å². The van der Waals surface area contributed by atoms with Gasteiger partial charge in [0.15, 0.2) is 0 Å². The van der Waals surface area contributed by atoms with Gasteiger partial charge in [0.1, 0.15) is 5.82 Å². The van der Waals surface area contributed by atoms with Crippen LogP contribution in [-0.2, 0) is 6.42 Å². The number of rotatable bonds is 4. The van der Waals surface area contributed by atoms with Crippen LogP contribution in [0.25, 0.3) is 5.69 Å². The van der Waals surface area contributed by atoms with Crippen molar-refractivity contribution in [2.75, 3.05) is 6.61 Å². The summed E-state index contributed by atoms with van der Waals surface area (Å²) >= 11 is 0. The number of hydrogen-bond acceptors (Lipinski definition) is 3. The highest BCUT2D eigenvalue weighted by Crippen LogP contribution is 2.08. The minimum absolute atomic E-state index is 0.142. The van der Waals surface area contributed by atoms with Gasteiger partial charge in [-0.15, -0.1) is 5.10 Å². The molecule has 1 aromatic heterocycles. The molecule has 2 aromatic rings. The molecule has 0 fully saturated rings. The molecule has 84 valence electrons. The molecule has 0 unspecified atom stereocenters. The zero-order chi connectivity index (χ0) is 11.4. The summed E-state index contributed by atoms with van der Waals surface area (Å²) in [7, 11) is 0. The summed E-state index contributed by atoms with van der Waals surface area (Å²) in [5.74, 6) is -0.274. The molecule has 4 nitrogen and oxygen atoms in total. The highest BCUT2D eigenvalue weighted by molar-refractivity contribution is 5.30. The Morgan fingerprint density at radius 2 is 2.00 bits per heavy atom. The Kier molecular flexibility index (Phi) is 3.26. The summed E-state index contributed by atoms with van der Waals surface area (Å²) in [4.78, 5) is 0. The maximum atomic E-state index is 12.7. The van der Waals surface area contributed by atoms with E-state index >= 15 is 0 Å². The van der Waals surface area contributed by atoms with Gasteiger partial charge in [-0.3, -0.25) is 0 Å². The van der Waals surface area contributed by atoms with Crippen LogP contribution < -0.4 is 0 Å².